The van der Waals surface area contributed by atoms with Crippen molar-refractivity contribution in [3.63, 3.8) is 0 Å². The molecule has 1 fully saturated rings. The van der Waals surface area contributed by atoms with Gasteiger partial charge in [0, 0.05) is 62.2 Å². The lowest BCUT2D eigenvalue weighted by Crippen LogP contribution is -2.40. The van der Waals surface area contributed by atoms with E-state index in [2.05, 4.69) is 63.1 Å². The minimum absolute atomic E-state index is 0.0200. The molecule has 2 aliphatic rings. The van der Waals surface area contributed by atoms with Gasteiger partial charge in [-0.25, -0.2) is 5.48 Å². The van der Waals surface area contributed by atoms with Crippen LogP contribution in [0.25, 0.3) is 17.0 Å². The van der Waals surface area contributed by atoms with E-state index in [0.29, 0.717) is 38.5 Å². The van der Waals surface area contributed by atoms with E-state index in [1.54, 1.807) is 11.6 Å². The van der Waals surface area contributed by atoms with Crippen LogP contribution in [0.5, 0.6) is 0 Å². The van der Waals surface area contributed by atoms with Crippen molar-refractivity contribution in [3.8, 4) is 0 Å². The first-order valence-corrected chi connectivity index (χ1v) is 14.2. The van der Waals surface area contributed by atoms with Crippen molar-refractivity contribution in [1.82, 2.24) is 24.8 Å². The molecule has 41 heavy (non-hydrogen) atoms. The van der Waals surface area contributed by atoms with Crippen molar-refractivity contribution in [2.24, 2.45) is 0 Å². The van der Waals surface area contributed by atoms with Gasteiger partial charge in [0.1, 0.15) is 5.69 Å². The van der Waals surface area contributed by atoms with Crippen molar-refractivity contribution >= 4 is 28.8 Å². The highest BCUT2D eigenvalue weighted by Crippen LogP contribution is 2.37. The van der Waals surface area contributed by atoms with Crippen molar-refractivity contribution in [2.75, 3.05) is 32.8 Å². The predicted molar refractivity (Wildman–Crippen MR) is 156 cm³/mol. The molecule has 4 aromatic rings. The molecule has 9 nitrogen and oxygen atoms in total. The average molecular weight is 554 g/mol. The summed E-state index contributed by atoms with van der Waals surface area (Å²) >= 11 is 0. The second-order valence-corrected chi connectivity index (χ2v) is 10.7. The fraction of sp³-hybridized carbons (Fsp3) is 0.312. The second kappa shape index (κ2) is 12.1. The molecule has 0 radical (unpaired) electrons. The number of rotatable bonds is 9. The van der Waals surface area contributed by atoms with Gasteiger partial charge in [-0.05, 0) is 65.3 Å². The Kier molecular flexibility index (Phi) is 8.00. The molecule has 6 rings (SSSR count). The molecule has 0 spiro atoms. The number of aromatic amines is 1. The molecule has 3 N–H and O–H groups in total. The van der Waals surface area contributed by atoms with Crippen LogP contribution in [0.2, 0.25) is 0 Å². The van der Waals surface area contributed by atoms with Gasteiger partial charge in [0.25, 0.3) is 11.8 Å². The smallest absolute Gasteiger partial charge is 0.270 e. The molecule has 212 valence electrons. The quantitative estimate of drug-likeness (QED) is 0.164. The number of aromatic nitrogens is 2. The highest BCUT2D eigenvalue weighted by Gasteiger charge is 2.29. The number of ether oxygens (including phenoxy) is 1. The van der Waals surface area contributed by atoms with Gasteiger partial charge >= 0.3 is 0 Å². The molecule has 1 atom stereocenters. The third-order valence-corrected chi connectivity index (χ3v) is 8.15. The van der Waals surface area contributed by atoms with Gasteiger partial charge in [-0.3, -0.25) is 19.7 Å². The number of amides is 2. The van der Waals surface area contributed by atoms with Gasteiger partial charge in [0.05, 0.1) is 13.2 Å². The fourth-order valence-corrected chi connectivity index (χ4v) is 6.04. The van der Waals surface area contributed by atoms with Crippen LogP contribution in [0.4, 0.5) is 0 Å². The Bertz CT molecular complexity index is 1570. The van der Waals surface area contributed by atoms with Crippen LogP contribution >= 0.6 is 0 Å². The lowest BCUT2D eigenvalue weighted by atomic mass is 10.0. The number of aryl methyl sites for hydroxylation is 1. The summed E-state index contributed by atoms with van der Waals surface area (Å²) in [7, 11) is 0. The minimum Gasteiger partial charge on any atom is -0.378 e. The Balaban J connectivity index is 1.23. The van der Waals surface area contributed by atoms with Gasteiger partial charge in [0.2, 0.25) is 0 Å². The number of para-hydroxylation sites is 1. The lowest BCUT2D eigenvalue weighted by Gasteiger charge is -2.30. The molecule has 9 heteroatoms. The van der Waals surface area contributed by atoms with Crippen molar-refractivity contribution in [3.05, 3.63) is 101 Å². The molecular weight excluding hydrogens is 518 g/mol. The summed E-state index contributed by atoms with van der Waals surface area (Å²) < 4.78 is 7.71. The van der Waals surface area contributed by atoms with E-state index < -0.39 is 5.91 Å². The third kappa shape index (κ3) is 5.97. The van der Waals surface area contributed by atoms with E-state index in [9.17, 15) is 9.59 Å². The molecule has 0 bridgehead atoms. The van der Waals surface area contributed by atoms with E-state index in [0.717, 1.165) is 37.2 Å². The summed E-state index contributed by atoms with van der Waals surface area (Å²) in [4.78, 5) is 32.2. The Morgan fingerprint density at radius 2 is 1.95 bits per heavy atom. The van der Waals surface area contributed by atoms with E-state index in [1.807, 2.05) is 23.1 Å². The molecular formula is C32H35N5O4. The Hall–Kier alpha value is -4.18. The summed E-state index contributed by atoms with van der Waals surface area (Å²) in [5, 5.41) is 10.0. The van der Waals surface area contributed by atoms with E-state index >= 15 is 0 Å². The Morgan fingerprint density at radius 3 is 2.80 bits per heavy atom. The van der Waals surface area contributed by atoms with Crippen molar-refractivity contribution < 1.29 is 19.5 Å². The fourth-order valence-electron chi connectivity index (χ4n) is 6.04. The third-order valence-electron chi connectivity index (χ3n) is 8.15. The zero-order valence-corrected chi connectivity index (χ0v) is 23.0. The first kappa shape index (κ1) is 27.0. The van der Waals surface area contributed by atoms with Crippen LogP contribution in [-0.4, -0.2) is 69.2 Å². The average Bonchev–Trinajstić information content (AvgIpc) is 3.76. The number of carbonyl (C=O) groups excluding carboxylic acids is 2. The zero-order chi connectivity index (χ0) is 28.2. The standard InChI is InChI=1S/C32H35N5O4/c38-31(34-40)12-6-23-5-9-27-25(21-23)7-11-30(27)37(16-15-35-14-13-24-3-1-2-4-29(24)35)22-26-8-10-28(33-26)32(39)36-17-19-41-20-18-36/h1-6,8-10,12-14,21,30,33,40H,7,11,15-20,22H2,(H,34,38)/b12-6+. The topological polar surface area (TPSA) is 103 Å². The number of hydrogen-bond acceptors (Lipinski definition) is 5. The molecule has 1 unspecified atom stereocenters. The molecule has 1 aliphatic heterocycles. The SMILES string of the molecule is O=C(/C=C/c1ccc2c(c1)CCC2N(CCn1ccc2ccccc21)Cc1ccc(C(=O)N2CCOCC2)[nH]1)NO. The minimum atomic E-state index is -0.551. The lowest BCUT2D eigenvalue weighted by molar-refractivity contribution is -0.124. The Morgan fingerprint density at radius 1 is 1.10 bits per heavy atom. The molecule has 1 saturated heterocycles. The van der Waals surface area contributed by atoms with Gasteiger partial charge in [0.15, 0.2) is 0 Å². The molecule has 1 aliphatic carbocycles. The van der Waals surface area contributed by atoms with Crippen LogP contribution in [0.1, 0.15) is 45.3 Å². The molecule has 3 heterocycles. The number of fused-ring (bicyclic) bond motifs is 2. The van der Waals surface area contributed by atoms with Crippen molar-refractivity contribution in [1.29, 1.82) is 0 Å². The van der Waals surface area contributed by atoms with E-state index in [1.165, 1.54) is 28.1 Å². The maximum absolute atomic E-state index is 13.0. The molecule has 2 aromatic heterocycles. The number of benzene rings is 2. The second-order valence-electron chi connectivity index (χ2n) is 10.7. The number of hydrogen-bond donors (Lipinski definition) is 3. The number of H-pyrrole nitrogens is 1. The monoisotopic (exact) mass is 553 g/mol. The van der Waals surface area contributed by atoms with Gasteiger partial charge in [-0.2, -0.15) is 0 Å². The van der Waals surface area contributed by atoms with Gasteiger partial charge in [-0.1, -0.05) is 36.4 Å². The van der Waals surface area contributed by atoms with Crippen LogP contribution in [0, 0.1) is 0 Å². The largest absolute Gasteiger partial charge is 0.378 e. The van der Waals surface area contributed by atoms with Gasteiger partial charge in [-0.15, -0.1) is 0 Å². The number of carbonyl (C=O) groups is 2. The summed E-state index contributed by atoms with van der Waals surface area (Å²) in [6, 6.07) is 21.1. The first-order valence-electron chi connectivity index (χ1n) is 14.2. The first-order chi connectivity index (χ1) is 20.1. The molecule has 2 amide bonds. The predicted octanol–water partition coefficient (Wildman–Crippen LogP) is 4.15. The highest BCUT2D eigenvalue weighted by atomic mass is 16.5. The molecule has 2 aromatic carbocycles. The Labute approximate surface area is 239 Å². The van der Waals surface area contributed by atoms with E-state index in [-0.39, 0.29) is 11.9 Å². The maximum atomic E-state index is 13.0. The van der Waals surface area contributed by atoms with Gasteiger partial charge < -0.3 is 19.2 Å². The maximum Gasteiger partial charge on any atom is 0.270 e. The highest BCUT2D eigenvalue weighted by molar-refractivity contribution is 5.92. The normalized spacial score (nSPS) is 17.0. The zero-order valence-electron chi connectivity index (χ0n) is 23.0. The van der Waals surface area contributed by atoms with Crippen LogP contribution in [0.3, 0.4) is 0 Å². The number of nitrogens with one attached hydrogen (secondary N) is 2. The molecule has 0 saturated carbocycles. The summed E-state index contributed by atoms with van der Waals surface area (Å²) in [6.45, 7) is 4.76. The summed E-state index contributed by atoms with van der Waals surface area (Å²) in [5.41, 5.74) is 7.98. The summed E-state index contributed by atoms with van der Waals surface area (Å²) in [5.74, 6) is -0.531. The van der Waals surface area contributed by atoms with Crippen LogP contribution in [0.15, 0.2) is 72.9 Å². The number of nitrogens with zero attached hydrogens (tertiary/aromatic N) is 3. The van der Waals surface area contributed by atoms with E-state index in [4.69, 9.17) is 9.94 Å². The van der Waals surface area contributed by atoms with Crippen LogP contribution < -0.4 is 5.48 Å². The van der Waals surface area contributed by atoms with Crippen molar-refractivity contribution in [2.45, 2.75) is 32.0 Å². The number of hydroxylamine groups is 1. The van der Waals surface area contributed by atoms with Crippen LogP contribution in [-0.2, 0) is 29.0 Å². The summed E-state index contributed by atoms with van der Waals surface area (Å²) in [6.07, 6.45) is 7.12. The number of morpholine rings is 1.